The normalized spacial score (nSPS) is 11.3. The van der Waals surface area contributed by atoms with Crippen LogP contribution in [0.5, 0.6) is 17.2 Å². The van der Waals surface area contributed by atoms with Crippen LogP contribution in [0.25, 0.3) is 0 Å². The summed E-state index contributed by atoms with van der Waals surface area (Å²) in [6, 6.07) is 12.8. The van der Waals surface area contributed by atoms with E-state index in [9.17, 15) is 13.2 Å². The van der Waals surface area contributed by atoms with Crippen molar-refractivity contribution in [1.29, 1.82) is 0 Å². The van der Waals surface area contributed by atoms with E-state index in [0.29, 0.717) is 37.0 Å². The van der Waals surface area contributed by atoms with E-state index in [1.54, 1.807) is 45.0 Å². The molecule has 1 aromatic heterocycles. The lowest BCUT2D eigenvalue weighted by atomic mass is 10.2. The lowest BCUT2D eigenvalue weighted by molar-refractivity contribution is 0.102. The first kappa shape index (κ1) is 25.1. The molecule has 0 aliphatic rings. The first-order valence-corrected chi connectivity index (χ1v) is 12.4. The number of nitrogens with one attached hydrogen (secondary N) is 1. The van der Waals surface area contributed by atoms with E-state index in [4.69, 9.17) is 9.47 Å². The summed E-state index contributed by atoms with van der Waals surface area (Å²) in [6.07, 6.45) is 1.48. The molecule has 0 aliphatic heterocycles. The van der Waals surface area contributed by atoms with Crippen molar-refractivity contribution >= 4 is 21.6 Å². The van der Waals surface area contributed by atoms with Crippen LogP contribution in [0.15, 0.2) is 59.6 Å². The first-order valence-electron chi connectivity index (χ1n) is 10.9. The van der Waals surface area contributed by atoms with Crippen LogP contribution in [-0.2, 0) is 10.0 Å². The van der Waals surface area contributed by atoms with Crippen molar-refractivity contribution in [1.82, 2.24) is 14.3 Å². The van der Waals surface area contributed by atoms with Gasteiger partial charge in [0.25, 0.3) is 5.91 Å². The highest BCUT2D eigenvalue weighted by molar-refractivity contribution is 7.89. The Morgan fingerprint density at radius 3 is 2.29 bits per heavy atom. The Morgan fingerprint density at radius 2 is 1.68 bits per heavy atom. The fraction of sp³-hybridized carbons (Fsp3) is 0.292. The molecule has 0 radical (unpaired) electrons. The fourth-order valence-corrected chi connectivity index (χ4v) is 4.72. The van der Waals surface area contributed by atoms with E-state index in [1.807, 2.05) is 6.92 Å². The van der Waals surface area contributed by atoms with Crippen molar-refractivity contribution in [3.05, 3.63) is 66.2 Å². The standard InChI is InChI=1S/C24H28N4O5S/c1-5-28(6-2)34(30,31)20-12-13-23(33-19-10-8-18(9-11-19)32-7-3)22(16-20)27-24(29)21-14-15-25-17(4)26-21/h8-16H,5-7H2,1-4H3,(H,27,29). The predicted molar refractivity (Wildman–Crippen MR) is 129 cm³/mol. The summed E-state index contributed by atoms with van der Waals surface area (Å²) >= 11 is 0. The SMILES string of the molecule is CCOc1ccc(Oc2ccc(S(=O)(=O)N(CC)CC)cc2NC(=O)c2ccnc(C)n2)cc1. The second-order valence-corrected chi connectivity index (χ2v) is 9.13. The largest absolute Gasteiger partial charge is 0.494 e. The number of aromatic nitrogens is 2. The number of sulfonamides is 1. The second kappa shape index (κ2) is 11.1. The van der Waals surface area contributed by atoms with E-state index in [1.165, 1.54) is 34.8 Å². The lowest BCUT2D eigenvalue weighted by Gasteiger charge is -2.20. The van der Waals surface area contributed by atoms with Gasteiger partial charge in [0.15, 0.2) is 5.75 Å². The van der Waals surface area contributed by atoms with Gasteiger partial charge < -0.3 is 14.8 Å². The number of ether oxygens (including phenoxy) is 2. The Labute approximate surface area is 199 Å². The summed E-state index contributed by atoms with van der Waals surface area (Å²) in [4.78, 5) is 21.0. The molecule has 3 aromatic rings. The Bertz CT molecular complexity index is 1240. The zero-order valence-electron chi connectivity index (χ0n) is 19.6. The average molecular weight is 485 g/mol. The van der Waals surface area contributed by atoms with Crippen LogP contribution >= 0.6 is 0 Å². The van der Waals surface area contributed by atoms with Crippen LogP contribution < -0.4 is 14.8 Å². The van der Waals surface area contributed by atoms with Crippen molar-refractivity contribution in [2.45, 2.75) is 32.6 Å². The number of carbonyl (C=O) groups excluding carboxylic acids is 1. The van der Waals surface area contributed by atoms with Gasteiger partial charge in [0.2, 0.25) is 10.0 Å². The highest BCUT2D eigenvalue weighted by atomic mass is 32.2. The Kier molecular flexibility index (Phi) is 8.19. The molecule has 1 amide bonds. The molecule has 0 spiro atoms. The summed E-state index contributed by atoms with van der Waals surface area (Å²) in [5.74, 6) is 1.40. The quantitative estimate of drug-likeness (QED) is 0.458. The number of nitrogens with zero attached hydrogens (tertiary/aromatic N) is 3. The zero-order chi connectivity index (χ0) is 24.7. The van der Waals surface area contributed by atoms with Crippen molar-refractivity contribution in [2.75, 3.05) is 25.0 Å². The molecule has 3 rings (SSSR count). The van der Waals surface area contributed by atoms with E-state index in [-0.39, 0.29) is 22.0 Å². The molecule has 9 nitrogen and oxygen atoms in total. The van der Waals surface area contributed by atoms with E-state index < -0.39 is 15.9 Å². The van der Waals surface area contributed by atoms with E-state index in [0.717, 1.165) is 0 Å². The monoisotopic (exact) mass is 484 g/mol. The van der Waals surface area contributed by atoms with E-state index >= 15 is 0 Å². The summed E-state index contributed by atoms with van der Waals surface area (Å²) in [6.45, 7) is 8.30. The van der Waals surface area contributed by atoms with Crippen molar-refractivity contribution in [3.8, 4) is 17.2 Å². The van der Waals surface area contributed by atoms with Crippen LogP contribution in [0, 0.1) is 6.92 Å². The molecule has 10 heteroatoms. The van der Waals surface area contributed by atoms with Gasteiger partial charge in [-0.15, -0.1) is 0 Å². The number of amides is 1. The van der Waals surface area contributed by atoms with Gasteiger partial charge in [0.1, 0.15) is 23.0 Å². The first-order chi connectivity index (χ1) is 16.3. The van der Waals surface area contributed by atoms with Crippen LogP contribution in [0.3, 0.4) is 0 Å². The number of benzene rings is 2. The van der Waals surface area contributed by atoms with Gasteiger partial charge in [-0.3, -0.25) is 4.79 Å². The van der Waals surface area contributed by atoms with E-state index in [2.05, 4.69) is 15.3 Å². The minimum atomic E-state index is -3.75. The molecule has 0 saturated heterocycles. The van der Waals surface area contributed by atoms with Gasteiger partial charge in [-0.25, -0.2) is 18.4 Å². The van der Waals surface area contributed by atoms with Crippen molar-refractivity contribution < 1.29 is 22.7 Å². The number of carbonyl (C=O) groups is 1. The molecule has 0 unspecified atom stereocenters. The summed E-state index contributed by atoms with van der Waals surface area (Å²) in [5.41, 5.74) is 0.347. The van der Waals surface area contributed by atoms with Gasteiger partial charge >= 0.3 is 0 Å². The lowest BCUT2D eigenvalue weighted by Crippen LogP contribution is -2.30. The third-order valence-electron chi connectivity index (χ3n) is 4.91. The Balaban J connectivity index is 1.99. The van der Waals surface area contributed by atoms with Gasteiger partial charge in [-0.1, -0.05) is 13.8 Å². The molecule has 0 aliphatic carbocycles. The molecule has 1 heterocycles. The molecule has 0 saturated carbocycles. The van der Waals surface area contributed by atoms with Gasteiger partial charge in [-0.05, 0) is 62.4 Å². The van der Waals surface area contributed by atoms with Gasteiger partial charge in [0.05, 0.1) is 17.2 Å². The molecule has 0 bridgehead atoms. The minimum Gasteiger partial charge on any atom is -0.494 e. The highest BCUT2D eigenvalue weighted by Gasteiger charge is 2.24. The number of anilines is 1. The third kappa shape index (κ3) is 5.89. The second-order valence-electron chi connectivity index (χ2n) is 7.20. The Morgan fingerprint density at radius 1 is 1.00 bits per heavy atom. The zero-order valence-corrected chi connectivity index (χ0v) is 20.4. The number of hydrogen-bond donors (Lipinski definition) is 1. The number of aryl methyl sites for hydroxylation is 1. The maximum atomic E-state index is 13.1. The topological polar surface area (TPSA) is 111 Å². The molecule has 0 atom stereocenters. The minimum absolute atomic E-state index is 0.0458. The van der Waals surface area contributed by atoms with Crippen molar-refractivity contribution in [2.24, 2.45) is 0 Å². The molecular weight excluding hydrogens is 456 g/mol. The fourth-order valence-electron chi connectivity index (χ4n) is 3.24. The average Bonchev–Trinajstić information content (AvgIpc) is 2.82. The molecule has 2 aromatic carbocycles. The van der Waals surface area contributed by atoms with Crippen LogP contribution in [0.2, 0.25) is 0 Å². The number of hydrogen-bond acceptors (Lipinski definition) is 7. The summed E-state index contributed by atoms with van der Waals surface area (Å²) in [5, 5.41) is 2.73. The molecule has 180 valence electrons. The Hall–Kier alpha value is -3.50. The maximum Gasteiger partial charge on any atom is 0.274 e. The van der Waals surface area contributed by atoms with Crippen LogP contribution in [0.4, 0.5) is 5.69 Å². The maximum absolute atomic E-state index is 13.1. The number of rotatable bonds is 10. The molecule has 34 heavy (non-hydrogen) atoms. The van der Waals surface area contributed by atoms with Gasteiger partial charge in [0, 0.05) is 19.3 Å². The third-order valence-corrected chi connectivity index (χ3v) is 6.96. The predicted octanol–water partition coefficient (Wildman–Crippen LogP) is 4.26. The molecule has 0 fully saturated rings. The molecule has 1 N–H and O–H groups in total. The summed E-state index contributed by atoms with van der Waals surface area (Å²) < 4.78 is 38.9. The smallest absolute Gasteiger partial charge is 0.274 e. The molecular formula is C24H28N4O5S. The van der Waals surface area contributed by atoms with Gasteiger partial charge in [-0.2, -0.15) is 4.31 Å². The van der Waals surface area contributed by atoms with Crippen molar-refractivity contribution in [3.63, 3.8) is 0 Å². The summed E-state index contributed by atoms with van der Waals surface area (Å²) in [7, 11) is -3.75. The van der Waals surface area contributed by atoms with Crippen LogP contribution in [0.1, 0.15) is 37.1 Å². The van der Waals surface area contributed by atoms with Crippen LogP contribution in [-0.4, -0.2) is 48.3 Å². The highest BCUT2D eigenvalue weighted by Crippen LogP contribution is 2.33.